The minimum atomic E-state index is 0.277. The maximum Gasteiger partial charge on any atom is 0.147 e. The maximum atomic E-state index is 4.57. The molecule has 4 heterocycles. The predicted octanol–water partition coefficient (Wildman–Crippen LogP) is 3.41. The Morgan fingerprint density at radius 3 is 2.73 bits per heavy atom. The van der Waals surface area contributed by atoms with Gasteiger partial charge in [-0.2, -0.15) is 0 Å². The molecule has 0 amide bonds. The molecular formula is C21H25N5. The quantitative estimate of drug-likeness (QED) is 0.729. The number of rotatable bonds is 3. The highest BCUT2D eigenvalue weighted by atomic mass is 15.3. The zero-order valence-corrected chi connectivity index (χ0v) is 15.1. The van der Waals surface area contributed by atoms with Gasteiger partial charge in [0.15, 0.2) is 0 Å². The van der Waals surface area contributed by atoms with Crippen LogP contribution in [0, 0.1) is 0 Å². The molecule has 0 fully saturated rings. The van der Waals surface area contributed by atoms with Crippen molar-refractivity contribution in [3.8, 4) is 0 Å². The molecule has 2 aliphatic rings. The molecule has 2 aromatic heterocycles. The lowest BCUT2D eigenvalue weighted by molar-refractivity contribution is 0.168. The van der Waals surface area contributed by atoms with Crippen LogP contribution in [0.3, 0.4) is 0 Å². The first-order chi connectivity index (χ1) is 12.9. The molecule has 0 saturated carbocycles. The van der Waals surface area contributed by atoms with Gasteiger partial charge in [0.25, 0.3) is 0 Å². The molecule has 26 heavy (non-hydrogen) atoms. The average molecular weight is 347 g/mol. The van der Waals surface area contributed by atoms with Crippen LogP contribution in [0.5, 0.6) is 0 Å². The number of nitrogens with zero attached hydrogens (tertiary/aromatic N) is 5. The number of fused-ring (bicyclic) bond motifs is 2. The third-order valence-electron chi connectivity index (χ3n) is 5.78. The first-order valence-electron chi connectivity index (χ1n) is 9.75. The standard InChI is InChI=1S/C21H25N5/c1-3-8-17(9-4-1)21-18-10-7-12-24(18)14-15-25(21)16-20-23-22-19-11-5-2-6-13-26(19)20/h1,3-4,7-10,12,21H,2,5-6,11,13-16H2. The summed E-state index contributed by atoms with van der Waals surface area (Å²) in [5.74, 6) is 2.30. The van der Waals surface area contributed by atoms with Crippen LogP contribution in [-0.4, -0.2) is 30.8 Å². The minimum absolute atomic E-state index is 0.277. The van der Waals surface area contributed by atoms with Crippen molar-refractivity contribution in [1.82, 2.24) is 24.2 Å². The van der Waals surface area contributed by atoms with E-state index in [0.29, 0.717) is 0 Å². The second-order valence-electron chi connectivity index (χ2n) is 7.40. The van der Waals surface area contributed by atoms with Gasteiger partial charge in [-0.1, -0.05) is 36.8 Å². The number of hydrogen-bond donors (Lipinski definition) is 0. The molecule has 0 N–H and O–H groups in total. The van der Waals surface area contributed by atoms with Gasteiger partial charge in [-0.3, -0.25) is 4.90 Å². The highest BCUT2D eigenvalue weighted by Crippen LogP contribution is 2.33. The van der Waals surface area contributed by atoms with Crippen molar-refractivity contribution >= 4 is 0 Å². The van der Waals surface area contributed by atoms with E-state index in [1.807, 2.05) is 0 Å². The van der Waals surface area contributed by atoms with Crippen LogP contribution in [0.4, 0.5) is 0 Å². The molecule has 5 heteroatoms. The van der Waals surface area contributed by atoms with Crippen molar-refractivity contribution in [2.75, 3.05) is 6.54 Å². The molecule has 1 aromatic carbocycles. The van der Waals surface area contributed by atoms with Crippen LogP contribution < -0.4 is 0 Å². The summed E-state index contributed by atoms with van der Waals surface area (Å²) in [5.41, 5.74) is 2.72. The van der Waals surface area contributed by atoms with E-state index < -0.39 is 0 Å². The Bertz CT molecular complexity index is 879. The van der Waals surface area contributed by atoms with Crippen LogP contribution in [0.15, 0.2) is 48.7 Å². The van der Waals surface area contributed by atoms with Crippen molar-refractivity contribution in [3.05, 3.63) is 71.6 Å². The topological polar surface area (TPSA) is 38.9 Å². The summed E-state index contributed by atoms with van der Waals surface area (Å²) >= 11 is 0. The van der Waals surface area contributed by atoms with E-state index in [2.05, 4.69) is 72.9 Å². The molecule has 0 radical (unpaired) electrons. The van der Waals surface area contributed by atoms with Crippen LogP contribution >= 0.6 is 0 Å². The van der Waals surface area contributed by atoms with E-state index in [4.69, 9.17) is 0 Å². The van der Waals surface area contributed by atoms with Gasteiger partial charge in [0.05, 0.1) is 12.6 Å². The number of aromatic nitrogens is 4. The lowest BCUT2D eigenvalue weighted by Gasteiger charge is -2.37. The monoisotopic (exact) mass is 347 g/mol. The molecule has 0 bridgehead atoms. The summed E-state index contributed by atoms with van der Waals surface area (Å²) in [5, 5.41) is 9.07. The van der Waals surface area contributed by atoms with Gasteiger partial charge in [-0.05, 0) is 30.5 Å². The van der Waals surface area contributed by atoms with Crippen LogP contribution in [-0.2, 0) is 26.1 Å². The van der Waals surface area contributed by atoms with E-state index in [1.54, 1.807) is 0 Å². The Morgan fingerprint density at radius 1 is 0.885 bits per heavy atom. The molecule has 0 aliphatic carbocycles. The summed E-state index contributed by atoms with van der Waals surface area (Å²) < 4.78 is 4.77. The average Bonchev–Trinajstić information content (AvgIpc) is 3.23. The first-order valence-corrected chi connectivity index (χ1v) is 9.75. The molecule has 5 rings (SSSR count). The summed E-state index contributed by atoms with van der Waals surface area (Å²) in [6.45, 7) is 3.99. The van der Waals surface area contributed by atoms with Crippen molar-refractivity contribution in [2.24, 2.45) is 0 Å². The number of benzene rings is 1. The highest BCUT2D eigenvalue weighted by Gasteiger charge is 2.30. The smallest absolute Gasteiger partial charge is 0.147 e. The molecule has 1 atom stereocenters. The number of hydrogen-bond acceptors (Lipinski definition) is 3. The Labute approximate surface area is 154 Å². The Morgan fingerprint density at radius 2 is 1.81 bits per heavy atom. The summed E-state index contributed by atoms with van der Waals surface area (Å²) in [4.78, 5) is 2.56. The summed E-state index contributed by atoms with van der Waals surface area (Å²) in [7, 11) is 0. The largest absolute Gasteiger partial charge is 0.348 e. The van der Waals surface area contributed by atoms with Crippen molar-refractivity contribution in [1.29, 1.82) is 0 Å². The second-order valence-corrected chi connectivity index (χ2v) is 7.40. The van der Waals surface area contributed by atoms with E-state index >= 15 is 0 Å². The van der Waals surface area contributed by atoms with Gasteiger partial charge in [0.1, 0.15) is 11.6 Å². The third-order valence-corrected chi connectivity index (χ3v) is 5.78. The van der Waals surface area contributed by atoms with Crippen LogP contribution in [0.1, 0.15) is 48.2 Å². The van der Waals surface area contributed by atoms with Gasteiger partial charge in [-0.25, -0.2) is 0 Å². The molecule has 3 aromatic rings. The van der Waals surface area contributed by atoms with Crippen molar-refractivity contribution in [2.45, 2.75) is 51.4 Å². The van der Waals surface area contributed by atoms with E-state index in [1.165, 1.54) is 36.3 Å². The second kappa shape index (κ2) is 6.72. The maximum absolute atomic E-state index is 4.57. The molecule has 0 spiro atoms. The Balaban J connectivity index is 1.49. The zero-order valence-electron chi connectivity index (χ0n) is 15.1. The Hall–Kier alpha value is -2.40. The summed E-state index contributed by atoms with van der Waals surface area (Å²) in [6, 6.07) is 15.5. The van der Waals surface area contributed by atoms with E-state index in [0.717, 1.165) is 38.4 Å². The lowest BCUT2D eigenvalue weighted by atomic mass is 10.00. The van der Waals surface area contributed by atoms with Gasteiger partial charge >= 0.3 is 0 Å². The fourth-order valence-electron chi connectivity index (χ4n) is 4.46. The SMILES string of the molecule is c1ccc(C2c3cccn3CCN2Cc2nnc3n2CCCCC3)cc1. The number of aryl methyl sites for hydroxylation is 1. The molecule has 2 aliphatic heterocycles. The van der Waals surface area contributed by atoms with Gasteiger partial charge < -0.3 is 9.13 Å². The molecule has 0 saturated heterocycles. The summed E-state index contributed by atoms with van der Waals surface area (Å²) in [6.07, 6.45) is 7.04. The minimum Gasteiger partial charge on any atom is -0.348 e. The Kier molecular flexibility index (Phi) is 4.09. The van der Waals surface area contributed by atoms with Crippen LogP contribution in [0.2, 0.25) is 0 Å². The van der Waals surface area contributed by atoms with E-state index in [-0.39, 0.29) is 6.04 Å². The molecule has 5 nitrogen and oxygen atoms in total. The van der Waals surface area contributed by atoms with Crippen molar-refractivity contribution < 1.29 is 0 Å². The van der Waals surface area contributed by atoms with Gasteiger partial charge in [-0.15, -0.1) is 10.2 Å². The highest BCUT2D eigenvalue weighted by molar-refractivity contribution is 5.30. The zero-order chi connectivity index (χ0) is 17.3. The fraction of sp³-hybridized carbons (Fsp3) is 0.429. The fourth-order valence-corrected chi connectivity index (χ4v) is 4.46. The van der Waals surface area contributed by atoms with Gasteiger partial charge in [0, 0.05) is 37.9 Å². The normalized spacial score (nSPS) is 20.4. The van der Waals surface area contributed by atoms with Crippen molar-refractivity contribution in [3.63, 3.8) is 0 Å². The lowest BCUT2D eigenvalue weighted by Crippen LogP contribution is -2.38. The third kappa shape index (κ3) is 2.76. The predicted molar refractivity (Wildman–Crippen MR) is 101 cm³/mol. The molecule has 1 unspecified atom stereocenters. The van der Waals surface area contributed by atoms with Gasteiger partial charge in [0.2, 0.25) is 0 Å². The molecule has 134 valence electrons. The van der Waals surface area contributed by atoms with E-state index in [9.17, 15) is 0 Å². The first kappa shape index (κ1) is 15.8. The molecular weight excluding hydrogens is 322 g/mol. The van der Waals surface area contributed by atoms with Crippen LogP contribution in [0.25, 0.3) is 0 Å².